The molecule has 13 heavy (non-hydrogen) atoms. The van der Waals surface area contributed by atoms with Crippen LogP contribution in [0.5, 0.6) is 0 Å². The van der Waals surface area contributed by atoms with E-state index in [2.05, 4.69) is 30.4 Å². The Balaban J connectivity index is 2.33. The van der Waals surface area contributed by atoms with Gasteiger partial charge in [0.05, 0.1) is 0 Å². The summed E-state index contributed by atoms with van der Waals surface area (Å²) in [5, 5.41) is 3.37. The topological polar surface area (TPSA) is 15.3 Å². The van der Waals surface area contributed by atoms with Gasteiger partial charge >= 0.3 is 0 Å². The second kappa shape index (κ2) is 5.89. The summed E-state index contributed by atoms with van der Waals surface area (Å²) in [4.78, 5) is 2.64. The molecule has 1 heterocycles. The predicted octanol–water partition coefficient (Wildman–Crippen LogP) is 1.42. The van der Waals surface area contributed by atoms with Crippen molar-refractivity contribution in [2.24, 2.45) is 0 Å². The molecule has 0 radical (unpaired) electrons. The Morgan fingerprint density at radius 3 is 2.85 bits per heavy atom. The third-order valence-corrected chi connectivity index (χ3v) is 3.69. The fourth-order valence-corrected chi connectivity index (χ4v) is 2.86. The normalized spacial score (nSPS) is 26.5. The van der Waals surface area contributed by atoms with Crippen molar-refractivity contribution in [3.63, 3.8) is 0 Å². The maximum absolute atomic E-state index is 3.37. The highest BCUT2D eigenvalue weighted by Gasteiger charge is 2.25. The van der Waals surface area contributed by atoms with Crippen LogP contribution in [0.2, 0.25) is 0 Å². The number of rotatable bonds is 5. The molecular weight excluding hydrogens is 180 g/mol. The Bertz CT molecular complexity index is 141. The minimum Gasteiger partial charge on any atom is -0.316 e. The number of likely N-dealkylation sites (N-methyl/N-ethyl adjacent to an activating group) is 1. The molecule has 78 valence electrons. The largest absolute Gasteiger partial charge is 0.316 e. The number of likely N-dealkylation sites (tertiary alicyclic amines) is 1. The summed E-state index contributed by atoms with van der Waals surface area (Å²) in [5.74, 6) is 1.28. The highest BCUT2D eigenvalue weighted by molar-refractivity contribution is 7.98. The standard InChI is InChI=1S/C10H22N2S/c1-4-10(8-13-3)12-6-5-9(7-12)11-2/h9-11H,4-8H2,1-3H3. The molecular formula is C10H22N2S. The smallest absolute Gasteiger partial charge is 0.0204 e. The van der Waals surface area contributed by atoms with Crippen molar-refractivity contribution in [1.29, 1.82) is 0 Å². The molecule has 1 aliphatic heterocycles. The number of hydrogen-bond donors (Lipinski definition) is 1. The summed E-state index contributed by atoms with van der Waals surface area (Å²) < 4.78 is 0. The van der Waals surface area contributed by atoms with E-state index in [-0.39, 0.29) is 0 Å². The van der Waals surface area contributed by atoms with E-state index in [1.165, 1.54) is 31.7 Å². The molecule has 0 aliphatic carbocycles. The molecule has 2 unspecified atom stereocenters. The highest BCUT2D eigenvalue weighted by atomic mass is 32.2. The molecule has 3 heteroatoms. The quantitative estimate of drug-likeness (QED) is 0.726. The molecule has 0 bridgehead atoms. The van der Waals surface area contributed by atoms with Gasteiger partial charge in [-0.1, -0.05) is 6.92 Å². The van der Waals surface area contributed by atoms with Crippen LogP contribution >= 0.6 is 11.8 Å². The number of hydrogen-bond acceptors (Lipinski definition) is 3. The lowest BCUT2D eigenvalue weighted by atomic mass is 10.2. The molecule has 0 aromatic heterocycles. The first-order chi connectivity index (χ1) is 6.31. The minimum absolute atomic E-state index is 0.732. The van der Waals surface area contributed by atoms with Crippen LogP contribution in [0.3, 0.4) is 0 Å². The zero-order chi connectivity index (χ0) is 9.68. The molecule has 2 nitrogen and oxygen atoms in total. The minimum atomic E-state index is 0.732. The van der Waals surface area contributed by atoms with Crippen molar-refractivity contribution in [2.75, 3.05) is 32.1 Å². The Morgan fingerprint density at radius 2 is 2.38 bits per heavy atom. The maximum atomic E-state index is 3.37. The zero-order valence-electron chi connectivity index (χ0n) is 9.05. The van der Waals surface area contributed by atoms with E-state index in [0.29, 0.717) is 0 Å². The molecule has 2 atom stereocenters. The lowest BCUT2D eigenvalue weighted by Crippen LogP contribution is -2.37. The fraction of sp³-hybridized carbons (Fsp3) is 1.00. The molecule has 1 saturated heterocycles. The second-order valence-corrected chi connectivity index (χ2v) is 4.70. The third kappa shape index (κ3) is 3.15. The van der Waals surface area contributed by atoms with Crippen LogP contribution in [-0.2, 0) is 0 Å². The summed E-state index contributed by atoms with van der Waals surface area (Å²) in [6.45, 7) is 4.83. The molecule has 0 saturated carbocycles. The van der Waals surface area contributed by atoms with Gasteiger partial charge < -0.3 is 5.32 Å². The molecule has 0 spiro atoms. The maximum Gasteiger partial charge on any atom is 0.0204 e. The molecule has 0 aromatic carbocycles. The van der Waals surface area contributed by atoms with Gasteiger partial charge in [0.25, 0.3) is 0 Å². The van der Waals surface area contributed by atoms with Crippen molar-refractivity contribution in [3.8, 4) is 0 Å². The van der Waals surface area contributed by atoms with Crippen LogP contribution < -0.4 is 5.32 Å². The van der Waals surface area contributed by atoms with Crippen LogP contribution in [-0.4, -0.2) is 49.1 Å². The van der Waals surface area contributed by atoms with Crippen LogP contribution in [0, 0.1) is 0 Å². The molecule has 1 rings (SSSR count). The molecule has 0 amide bonds. The van der Waals surface area contributed by atoms with Gasteiger partial charge in [-0.05, 0) is 26.1 Å². The first-order valence-corrected chi connectivity index (χ1v) is 6.61. The lowest BCUT2D eigenvalue weighted by molar-refractivity contribution is 0.251. The molecule has 1 aliphatic rings. The van der Waals surface area contributed by atoms with Gasteiger partial charge in [-0.2, -0.15) is 11.8 Å². The van der Waals surface area contributed by atoms with E-state index in [9.17, 15) is 0 Å². The van der Waals surface area contributed by atoms with Gasteiger partial charge in [-0.15, -0.1) is 0 Å². The van der Waals surface area contributed by atoms with Gasteiger partial charge in [0.1, 0.15) is 0 Å². The van der Waals surface area contributed by atoms with E-state index in [1.54, 1.807) is 0 Å². The van der Waals surface area contributed by atoms with Crippen LogP contribution in [0.4, 0.5) is 0 Å². The SMILES string of the molecule is CCC(CSC)N1CCC(NC)C1. The number of nitrogens with zero attached hydrogens (tertiary/aromatic N) is 1. The fourth-order valence-electron chi connectivity index (χ4n) is 2.03. The Kier molecular flexibility index (Phi) is 5.14. The summed E-state index contributed by atoms with van der Waals surface area (Å²) in [6.07, 6.45) is 4.81. The van der Waals surface area contributed by atoms with E-state index < -0.39 is 0 Å². The first kappa shape index (κ1) is 11.3. The summed E-state index contributed by atoms with van der Waals surface area (Å²) in [6, 6.07) is 1.53. The summed E-state index contributed by atoms with van der Waals surface area (Å²) in [7, 11) is 2.07. The summed E-state index contributed by atoms with van der Waals surface area (Å²) in [5.41, 5.74) is 0. The first-order valence-electron chi connectivity index (χ1n) is 5.22. The Morgan fingerprint density at radius 1 is 1.62 bits per heavy atom. The van der Waals surface area contributed by atoms with Crippen molar-refractivity contribution < 1.29 is 0 Å². The van der Waals surface area contributed by atoms with Crippen LogP contribution in [0.25, 0.3) is 0 Å². The van der Waals surface area contributed by atoms with E-state index in [1.807, 2.05) is 11.8 Å². The second-order valence-electron chi connectivity index (χ2n) is 3.79. The predicted molar refractivity (Wildman–Crippen MR) is 61.5 cm³/mol. The van der Waals surface area contributed by atoms with Gasteiger partial charge in [0, 0.05) is 30.9 Å². The highest BCUT2D eigenvalue weighted by Crippen LogP contribution is 2.17. The van der Waals surface area contributed by atoms with Crippen molar-refractivity contribution >= 4 is 11.8 Å². The summed E-state index contributed by atoms with van der Waals surface area (Å²) >= 11 is 1.97. The van der Waals surface area contributed by atoms with E-state index in [4.69, 9.17) is 0 Å². The molecule has 0 aromatic rings. The van der Waals surface area contributed by atoms with Crippen molar-refractivity contribution in [3.05, 3.63) is 0 Å². The van der Waals surface area contributed by atoms with Gasteiger partial charge in [-0.25, -0.2) is 0 Å². The number of thioether (sulfide) groups is 1. The van der Waals surface area contributed by atoms with E-state index in [0.717, 1.165) is 12.1 Å². The van der Waals surface area contributed by atoms with Crippen LogP contribution in [0.1, 0.15) is 19.8 Å². The Labute approximate surface area is 86.5 Å². The molecule has 1 N–H and O–H groups in total. The monoisotopic (exact) mass is 202 g/mol. The zero-order valence-corrected chi connectivity index (χ0v) is 9.86. The van der Waals surface area contributed by atoms with Crippen molar-refractivity contribution in [2.45, 2.75) is 31.8 Å². The third-order valence-electron chi connectivity index (χ3n) is 2.97. The molecule has 1 fully saturated rings. The van der Waals surface area contributed by atoms with Crippen molar-refractivity contribution in [1.82, 2.24) is 10.2 Å². The van der Waals surface area contributed by atoms with E-state index >= 15 is 0 Å². The average Bonchev–Trinajstić information content (AvgIpc) is 2.62. The van der Waals surface area contributed by atoms with Gasteiger partial charge in [0.15, 0.2) is 0 Å². The average molecular weight is 202 g/mol. The number of nitrogens with one attached hydrogen (secondary N) is 1. The lowest BCUT2D eigenvalue weighted by Gasteiger charge is -2.26. The van der Waals surface area contributed by atoms with Crippen LogP contribution in [0.15, 0.2) is 0 Å². The van der Waals surface area contributed by atoms with Gasteiger partial charge in [0.2, 0.25) is 0 Å². The van der Waals surface area contributed by atoms with Gasteiger partial charge in [-0.3, -0.25) is 4.90 Å². The Hall–Kier alpha value is 0.270.